The predicted octanol–water partition coefficient (Wildman–Crippen LogP) is 0.226. The lowest BCUT2D eigenvalue weighted by atomic mass is 10.2. The van der Waals surface area contributed by atoms with Crippen LogP contribution in [-0.2, 0) is 6.42 Å². The van der Waals surface area contributed by atoms with Crippen molar-refractivity contribution in [3.63, 3.8) is 0 Å². The fraction of sp³-hybridized carbons (Fsp3) is 0.625. The van der Waals surface area contributed by atoms with Gasteiger partial charge in [-0.25, -0.2) is 0 Å². The molecule has 0 bridgehead atoms. The van der Waals surface area contributed by atoms with E-state index in [0.29, 0.717) is 5.95 Å². The van der Waals surface area contributed by atoms with Crippen molar-refractivity contribution in [3.05, 3.63) is 5.82 Å². The van der Waals surface area contributed by atoms with Gasteiger partial charge in [0.05, 0.1) is 0 Å². The molecule has 1 aromatic rings. The normalized spacial score (nSPS) is 15.6. The zero-order valence-electron chi connectivity index (χ0n) is 7.69. The highest BCUT2D eigenvalue weighted by atomic mass is 15.3. The molecule has 1 aliphatic rings. The number of nitrogens with zero attached hydrogens (tertiary/aromatic N) is 4. The van der Waals surface area contributed by atoms with Crippen LogP contribution in [0.4, 0.5) is 11.9 Å². The van der Waals surface area contributed by atoms with Gasteiger partial charge in [-0.3, -0.25) is 0 Å². The lowest BCUT2D eigenvalue weighted by Gasteiger charge is -2.30. The van der Waals surface area contributed by atoms with Gasteiger partial charge in [0.2, 0.25) is 11.9 Å². The summed E-state index contributed by atoms with van der Waals surface area (Å²) in [5, 5.41) is 0. The summed E-state index contributed by atoms with van der Waals surface area (Å²) >= 11 is 0. The van der Waals surface area contributed by atoms with E-state index in [0.717, 1.165) is 31.3 Å². The second kappa shape index (κ2) is 3.16. The Hall–Kier alpha value is -1.39. The summed E-state index contributed by atoms with van der Waals surface area (Å²) in [6, 6.07) is 0. The van der Waals surface area contributed by atoms with Crippen LogP contribution >= 0.6 is 0 Å². The molecule has 0 spiro atoms. The summed E-state index contributed by atoms with van der Waals surface area (Å²) < 4.78 is 0. The van der Waals surface area contributed by atoms with Crippen LogP contribution in [-0.4, -0.2) is 28.0 Å². The van der Waals surface area contributed by atoms with Crippen LogP contribution in [0, 0.1) is 0 Å². The molecule has 2 rings (SSSR count). The van der Waals surface area contributed by atoms with Crippen molar-refractivity contribution in [1.29, 1.82) is 0 Å². The summed E-state index contributed by atoms with van der Waals surface area (Å²) in [5.74, 6) is 1.83. The average Bonchev–Trinajstić information content (AvgIpc) is 2.00. The molecular formula is C8H13N5. The summed E-state index contributed by atoms with van der Waals surface area (Å²) in [6.07, 6.45) is 2.01. The summed E-state index contributed by atoms with van der Waals surface area (Å²) in [7, 11) is 0. The summed E-state index contributed by atoms with van der Waals surface area (Å²) in [6.45, 7) is 4.08. The van der Waals surface area contributed by atoms with Gasteiger partial charge in [-0.15, -0.1) is 0 Å². The van der Waals surface area contributed by atoms with Crippen LogP contribution < -0.4 is 10.6 Å². The molecule has 1 fully saturated rings. The Morgan fingerprint density at radius 1 is 1.31 bits per heavy atom. The Morgan fingerprint density at radius 2 is 2.08 bits per heavy atom. The number of hydrogen-bond donors (Lipinski definition) is 1. The minimum atomic E-state index is 0.328. The van der Waals surface area contributed by atoms with Crippen molar-refractivity contribution < 1.29 is 0 Å². The molecule has 0 saturated carbocycles. The van der Waals surface area contributed by atoms with E-state index in [1.807, 2.05) is 6.92 Å². The molecule has 2 heterocycles. The van der Waals surface area contributed by atoms with Gasteiger partial charge in [-0.1, -0.05) is 6.92 Å². The van der Waals surface area contributed by atoms with E-state index in [1.165, 1.54) is 6.42 Å². The highest BCUT2D eigenvalue weighted by Crippen LogP contribution is 2.15. The first kappa shape index (κ1) is 8.22. The molecule has 5 nitrogen and oxygen atoms in total. The second-order valence-electron chi connectivity index (χ2n) is 3.10. The number of aryl methyl sites for hydroxylation is 1. The Morgan fingerprint density at radius 3 is 2.62 bits per heavy atom. The molecule has 0 aliphatic carbocycles. The number of hydrogen-bond acceptors (Lipinski definition) is 5. The van der Waals surface area contributed by atoms with Gasteiger partial charge in [0.15, 0.2) is 0 Å². The first-order valence-corrected chi connectivity index (χ1v) is 4.55. The van der Waals surface area contributed by atoms with Crippen LogP contribution in [0.3, 0.4) is 0 Å². The summed E-state index contributed by atoms with van der Waals surface area (Å²) in [5.41, 5.74) is 5.56. The van der Waals surface area contributed by atoms with Crippen molar-refractivity contribution in [2.75, 3.05) is 23.7 Å². The van der Waals surface area contributed by atoms with E-state index in [4.69, 9.17) is 5.73 Å². The minimum Gasteiger partial charge on any atom is -0.368 e. The van der Waals surface area contributed by atoms with Crippen LogP contribution in [0.5, 0.6) is 0 Å². The standard InChI is InChI=1S/C8H13N5/c1-2-6-10-7(9)12-8(11-6)13-4-3-5-13/h2-5H2,1H3,(H2,9,10,11,12). The van der Waals surface area contributed by atoms with Crippen molar-refractivity contribution in [1.82, 2.24) is 15.0 Å². The third-order valence-corrected chi connectivity index (χ3v) is 2.14. The molecule has 2 N–H and O–H groups in total. The van der Waals surface area contributed by atoms with Crippen LogP contribution in [0.25, 0.3) is 0 Å². The molecule has 70 valence electrons. The van der Waals surface area contributed by atoms with Gasteiger partial charge in [-0.2, -0.15) is 15.0 Å². The van der Waals surface area contributed by atoms with Gasteiger partial charge in [0.1, 0.15) is 5.82 Å². The third kappa shape index (κ3) is 1.54. The lowest BCUT2D eigenvalue weighted by molar-refractivity contribution is 0.596. The van der Waals surface area contributed by atoms with E-state index in [9.17, 15) is 0 Å². The largest absolute Gasteiger partial charge is 0.368 e. The molecule has 1 aromatic heterocycles. The molecular weight excluding hydrogens is 166 g/mol. The SMILES string of the molecule is CCc1nc(N)nc(N2CCC2)n1. The van der Waals surface area contributed by atoms with Crippen LogP contribution in [0.15, 0.2) is 0 Å². The smallest absolute Gasteiger partial charge is 0.230 e. The van der Waals surface area contributed by atoms with Gasteiger partial charge < -0.3 is 10.6 Å². The Labute approximate surface area is 77.0 Å². The van der Waals surface area contributed by atoms with Crippen molar-refractivity contribution >= 4 is 11.9 Å². The van der Waals surface area contributed by atoms with Gasteiger partial charge >= 0.3 is 0 Å². The van der Waals surface area contributed by atoms with Gasteiger partial charge in [0.25, 0.3) is 0 Å². The maximum Gasteiger partial charge on any atom is 0.230 e. The lowest BCUT2D eigenvalue weighted by Crippen LogP contribution is -2.38. The Bertz CT molecular complexity index is 307. The van der Waals surface area contributed by atoms with Gasteiger partial charge in [0, 0.05) is 19.5 Å². The van der Waals surface area contributed by atoms with E-state index in [-0.39, 0.29) is 0 Å². The predicted molar refractivity (Wildman–Crippen MR) is 50.4 cm³/mol. The molecule has 0 aromatic carbocycles. The quantitative estimate of drug-likeness (QED) is 0.703. The molecule has 1 saturated heterocycles. The molecule has 0 amide bonds. The number of nitrogen functional groups attached to an aromatic ring is 1. The van der Waals surface area contributed by atoms with Crippen molar-refractivity contribution in [2.24, 2.45) is 0 Å². The van der Waals surface area contributed by atoms with Gasteiger partial charge in [-0.05, 0) is 6.42 Å². The zero-order valence-corrected chi connectivity index (χ0v) is 7.69. The van der Waals surface area contributed by atoms with E-state index >= 15 is 0 Å². The zero-order chi connectivity index (χ0) is 9.26. The fourth-order valence-corrected chi connectivity index (χ4v) is 1.24. The molecule has 13 heavy (non-hydrogen) atoms. The molecule has 0 unspecified atom stereocenters. The first-order valence-electron chi connectivity index (χ1n) is 4.55. The molecule has 0 radical (unpaired) electrons. The minimum absolute atomic E-state index is 0.328. The number of rotatable bonds is 2. The molecule has 0 atom stereocenters. The third-order valence-electron chi connectivity index (χ3n) is 2.14. The average molecular weight is 179 g/mol. The maximum atomic E-state index is 5.56. The Balaban J connectivity index is 2.28. The molecule has 1 aliphatic heterocycles. The number of aromatic nitrogens is 3. The summed E-state index contributed by atoms with van der Waals surface area (Å²) in [4.78, 5) is 14.5. The van der Waals surface area contributed by atoms with E-state index in [2.05, 4.69) is 19.9 Å². The van der Waals surface area contributed by atoms with Crippen LogP contribution in [0.2, 0.25) is 0 Å². The second-order valence-corrected chi connectivity index (χ2v) is 3.10. The molecule has 5 heteroatoms. The van der Waals surface area contributed by atoms with Crippen LogP contribution in [0.1, 0.15) is 19.2 Å². The van der Waals surface area contributed by atoms with Crippen molar-refractivity contribution in [2.45, 2.75) is 19.8 Å². The monoisotopic (exact) mass is 179 g/mol. The maximum absolute atomic E-state index is 5.56. The van der Waals surface area contributed by atoms with E-state index in [1.54, 1.807) is 0 Å². The highest BCUT2D eigenvalue weighted by molar-refractivity contribution is 5.36. The fourth-order valence-electron chi connectivity index (χ4n) is 1.24. The Kier molecular flexibility index (Phi) is 2.00. The number of nitrogens with two attached hydrogens (primary N) is 1. The highest BCUT2D eigenvalue weighted by Gasteiger charge is 2.18. The number of anilines is 2. The van der Waals surface area contributed by atoms with Crippen molar-refractivity contribution in [3.8, 4) is 0 Å². The van der Waals surface area contributed by atoms with E-state index < -0.39 is 0 Å². The topological polar surface area (TPSA) is 67.9 Å². The first-order chi connectivity index (χ1) is 6.29.